The Balaban J connectivity index is 1.50. The van der Waals surface area contributed by atoms with E-state index in [2.05, 4.69) is 42.2 Å². The van der Waals surface area contributed by atoms with Crippen molar-refractivity contribution in [1.82, 2.24) is 4.90 Å². The summed E-state index contributed by atoms with van der Waals surface area (Å²) in [6.45, 7) is 9.26. The zero-order valence-electron chi connectivity index (χ0n) is 14.5. The van der Waals surface area contributed by atoms with E-state index in [4.69, 9.17) is 9.47 Å². The average Bonchev–Trinajstić information content (AvgIpc) is 2.62. The second kappa shape index (κ2) is 8.27. The van der Waals surface area contributed by atoms with Crippen LogP contribution in [0.1, 0.15) is 31.7 Å². The van der Waals surface area contributed by atoms with Gasteiger partial charge in [-0.25, -0.2) is 0 Å². The minimum atomic E-state index is 0.469. The van der Waals surface area contributed by atoms with E-state index in [1.54, 1.807) is 0 Å². The molecule has 1 aromatic carbocycles. The Morgan fingerprint density at radius 2 is 1.96 bits per heavy atom. The number of hydrogen-bond donors (Lipinski definition) is 0. The highest BCUT2D eigenvalue weighted by Gasteiger charge is 2.43. The molecule has 23 heavy (non-hydrogen) atoms. The fourth-order valence-electron chi connectivity index (χ4n) is 4.18. The van der Waals surface area contributed by atoms with Gasteiger partial charge in [-0.15, -0.1) is 0 Å². The van der Waals surface area contributed by atoms with E-state index in [1.165, 1.54) is 50.9 Å². The van der Waals surface area contributed by atoms with Gasteiger partial charge in [-0.1, -0.05) is 30.3 Å². The maximum atomic E-state index is 5.75. The van der Waals surface area contributed by atoms with Gasteiger partial charge >= 0.3 is 0 Å². The van der Waals surface area contributed by atoms with Crippen molar-refractivity contribution >= 4 is 0 Å². The summed E-state index contributed by atoms with van der Waals surface area (Å²) >= 11 is 0. The molecule has 0 N–H and O–H groups in total. The summed E-state index contributed by atoms with van der Waals surface area (Å²) in [6.07, 6.45) is 5.00. The van der Waals surface area contributed by atoms with Crippen LogP contribution in [0.4, 0.5) is 0 Å². The molecule has 0 aromatic heterocycles. The molecule has 3 rings (SSSR count). The highest BCUT2D eigenvalue weighted by Crippen LogP contribution is 2.44. The molecule has 2 heterocycles. The van der Waals surface area contributed by atoms with Crippen molar-refractivity contribution < 1.29 is 9.47 Å². The monoisotopic (exact) mass is 317 g/mol. The number of benzene rings is 1. The van der Waals surface area contributed by atoms with Gasteiger partial charge in [0, 0.05) is 25.7 Å². The van der Waals surface area contributed by atoms with Gasteiger partial charge in [0.1, 0.15) is 0 Å². The Kier molecular flexibility index (Phi) is 6.09. The van der Waals surface area contributed by atoms with Crippen LogP contribution in [0.15, 0.2) is 30.3 Å². The molecule has 3 nitrogen and oxygen atoms in total. The van der Waals surface area contributed by atoms with E-state index in [9.17, 15) is 0 Å². The van der Waals surface area contributed by atoms with Crippen molar-refractivity contribution in [1.29, 1.82) is 0 Å². The minimum Gasteiger partial charge on any atom is -0.381 e. The SMILES string of the molecule is CCOCC1COCCC12CCN(CCc1ccccc1)CC2. The van der Waals surface area contributed by atoms with Gasteiger partial charge in [0.15, 0.2) is 0 Å². The van der Waals surface area contributed by atoms with Crippen molar-refractivity contribution in [3.63, 3.8) is 0 Å². The summed E-state index contributed by atoms with van der Waals surface area (Å²) in [4.78, 5) is 2.64. The van der Waals surface area contributed by atoms with Crippen molar-refractivity contribution in [3.05, 3.63) is 35.9 Å². The minimum absolute atomic E-state index is 0.469. The molecular weight excluding hydrogens is 286 g/mol. The third kappa shape index (κ3) is 4.34. The summed E-state index contributed by atoms with van der Waals surface area (Å²) in [5.41, 5.74) is 1.92. The zero-order chi connectivity index (χ0) is 16.0. The lowest BCUT2D eigenvalue weighted by atomic mass is 9.66. The molecule has 0 amide bonds. The Bertz CT molecular complexity index is 454. The van der Waals surface area contributed by atoms with E-state index in [0.717, 1.165) is 26.4 Å². The molecule has 1 aromatic rings. The Hall–Kier alpha value is -0.900. The summed E-state index contributed by atoms with van der Waals surface area (Å²) in [5, 5.41) is 0. The fraction of sp³-hybridized carbons (Fsp3) is 0.700. The lowest BCUT2D eigenvalue weighted by Gasteiger charge is -2.49. The molecule has 2 aliphatic heterocycles. The first-order valence-electron chi connectivity index (χ1n) is 9.24. The third-order valence-corrected chi connectivity index (χ3v) is 5.86. The van der Waals surface area contributed by atoms with Gasteiger partial charge in [0.05, 0.1) is 13.2 Å². The molecule has 0 bridgehead atoms. The molecule has 1 spiro atoms. The van der Waals surface area contributed by atoms with Crippen molar-refractivity contribution in [2.24, 2.45) is 11.3 Å². The van der Waals surface area contributed by atoms with Crippen LogP contribution >= 0.6 is 0 Å². The Morgan fingerprint density at radius 1 is 1.17 bits per heavy atom. The summed E-state index contributed by atoms with van der Waals surface area (Å²) in [6, 6.07) is 10.9. The maximum absolute atomic E-state index is 5.75. The second-order valence-electron chi connectivity index (χ2n) is 7.12. The zero-order valence-corrected chi connectivity index (χ0v) is 14.5. The van der Waals surface area contributed by atoms with Gasteiger partial charge in [-0.05, 0) is 56.7 Å². The molecule has 0 saturated carbocycles. The van der Waals surface area contributed by atoms with Crippen LogP contribution < -0.4 is 0 Å². The predicted octanol–water partition coefficient (Wildman–Crippen LogP) is 3.38. The summed E-state index contributed by atoms with van der Waals surface area (Å²) in [7, 11) is 0. The Morgan fingerprint density at radius 3 is 2.70 bits per heavy atom. The molecule has 2 aliphatic rings. The normalized spacial score (nSPS) is 24.8. The Labute approximate surface area is 141 Å². The first kappa shape index (κ1) is 16.9. The van der Waals surface area contributed by atoms with Crippen LogP contribution in [0, 0.1) is 11.3 Å². The highest BCUT2D eigenvalue weighted by molar-refractivity contribution is 5.14. The molecule has 0 aliphatic carbocycles. The number of likely N-dealkylation sites (tertiary alicyclic amines) is 1. The molecule has 2 fully saturated rings. The quantitative estimate of drug-likeness (QED) is 0.803. The topological polar surface area (TPSA) is 21.7 Å². The van der Waals surface area contributed by atoms with Crippen LogP contribution in [0.5, 0.6) is 0 Å². The maximum Gasteiger partial charge on any atom is 0.0521 e. The molecule has 1 unspecified atom stereocenters. The molecule has 0 radical (unpaired) electrons. The molecule has 3 heteroatoms. The van der Waals surface area contributed by atoms with Gasteiger partial charge < -0.3 is 14.4 Å². The smallest absolute Gasteiger partial charge is 0.0521 e. The number of hydrogen-bond acceptors (Lipinski definition) is 3. The molecule has 1 atom stereocenters. The summed E-state index contributed by atoms with van der Waals surface area (Å²) < 4.78 is 11.5. The number of rotatable bonds is 6. The van der Waals surface area contributed by atoms with E-state index < -0.39 is 0 Å². The van der Waals surface area contributed by atoms with Gasteiger partial charge in [0.25, 0.3) is 0 Å². The van der Waals surface area contributed by atoms with Crippen LogP contribution in [-0.4, -0.2) is 51.0 Å². The first-order chi connectivity index (χ1) is 11.3. The fourth-order valence-corrected chi connectivity index (χ4v) is 4.18. The van der Waals surface area contributed by atoms with E-state index in [-0.39, 0.29) is 0 Å². The molecule has 2 saturated heterocycles. The first-order valence-corrected chi connectivity index (χ1v) is 9.24. The van der Waals surface area contributed by atoms with Crippen LogP contribution in [0.2, 0.25) is 0 Å². The van der Waals surface area contributed by atoms with Crippen molar-refractivity contribution in [3.8, 4) is 0 Å². The summed E-state index contributed by atoms with van der Waals surface area (Å²) in [5.74, 6) is 0.590. The molecule has 128 valence electrons. The lowest BCUT2D eigenvalue weighted by molar-refractivity contribution is -0.0985. The van der Waals surface area contributed by atoms with Crippen LogP contribution in [0.25, 0.3) is 0 Å². The van der Waals surface area contributed by atoms with Crippen molar-refractivity contribution in [2.45, 2.75) is 32.6 Å². The number of ether oxygens (including phenoxy) is 2. The van der Waals surface area contributed by atoms with Crippen LogP contribution in [0.3, 0.4) is 0 Å². The number of nitrogens with zero attached hydrogens (tertiary/aromatic N) is 1. The van der Waals surface area contributed by atoms with Gasteiger partial charge in [-0.2, -0.15) is 0 Å². The standard InChI is InChI=1S/C20H31NO2/c1-2-22-16-19-17-23-15-11-20(19)9-13-21(14-10-20)12-8-18-6-4-3-5-7-18/h3-7,19H,2,8-17H2,1H3. The third-order valence-electron chi connectivity index (χ3n) is 5.86. The van der Waals surface area contributed by atoms with Crippen molar-refractivity contribution in [2.75, 3.05) is 46.1 Å². The van der Waals surface area contributed by atoms with E-state index in [0.29, 0.717) is 11.3 Å². The van der Waals surface area contributed by atoms with E-state index in [1.807, 2.05) is 0 Å². The second-order valence-corrected chi connectivity index (χ2v) is 7.12. The largest absolute Gasteiger partial charge is 0.381 e. The van der Waals surface area contributed by atoms with Crippen LogP contribution in [-0.2, 0) is 15.9 Å². The van der Waals surface area contributed by atoms with Gasteiger partial charge in [0.2, 0.25) is 0 Å². The predicted molar refractivity (Wildman–Crippen MR) is 93.7 cm³/mol. The van der Waals surface area contributed by atoms with E-state index >= 15 is 0 Å². The highest BCUT2D eigenvalue weighted by atomic mass is 16.5. The van der Waals surface area contributed by atoms with Gasteiger partial charge in [-0.3, -0.25) is 0 Å². The lowest BCUT2D eigenvalue weighted by Crippen LogP contribution is -2.49. The molecular formula is C20H31NO2. The number of piperidine rings is 1. The average molecular weight is 317 g/mol.